The van der Waals surface area contributed by atoms with Crippen molar-refractivity contribution in [3.05, 3.63) is 29.0 Å². The summed E-state index contributed by atoms with van der Waals surface area (Å²) < 4.78 is 32.4. The predicted molar refractivity (Wildman–Crippen MR) is 69.1 cm³/mol. The van der Waals surface area contributed by atoms with Crippen molar-refractivity contribution in [1.29, 1.82) is 0 Å². The minimum atomic E-state index is -3.46. The largest absolute Gasteiger partial charge is 0.440 e. The van der Waals surface area contributed by atoms with Crippen molar-refractivity contribution in [3.8, 4) is 10.8 Å². The molecule has 0 radical (unpaired) electrons. The molecular formula is C11H13NO4S2. The van der Waals surface area contributed by atoms with Gasteiger partial charge in [-0.15, -0.1) is 11.3 Å². The first-order valence-electron chi connectivity index (χ1n) is 5.30. The van der Waals surface area contributed by atoms with Crippen molar-refractivity contribution in [3.63, 3.8) is 0 Å². The lowest BCUT2D eigenvalue weighted by molar-refractivity contribution is 0.397. The summed E-state index contributed by atoms with van der Waals surface area (Å²) in [6.45, 7) is 1.78. The Labute approximate surface area is 110 Å². The van der Waals surface area contributed by atoms with Crippen LogP contribution in [-0.2, 0) is 20.7 Å². The molecule has 0 bridgehead atoms. The molecule has 5 nitrogen and oxygen atoms in total. The Kier molecular flexibility index (Phi) is 3.84. The van der Waals surface area contributed by atoms with E-state index in [0.29, 0.717) is 17.3 Å². The van der Waals surface area contributed by atoms with Gasteiger partial charge in [0.15, 0.2) is 0 Å². The highest BCUT2D eigenvalue weighted by Gasteiger charge is 2.15. The van der Waals surface area contributed by atoms with Crippen LogP contribution in [0.1, 0.15) is 11.5 Å². The molecule has 7 heteroatoms. The van der Waals surface area contributed by atoms with Gasteiger partial charge in [0.05, 0.1) is 23.4 Å². The predicted octanol–water partition coefficient (Wildman–Crippen LogP) is 2.23. The molecule has 0 N–H and O–H groups in total. The molecular weight excluding hydrogens is 274 g/mol. The first kappa shape index (κ1) is 13.3. The molecule has 2 aromatic heterocycles. The van der Waals surface area contributed by atoms with E-state index >= 15 is 0 Å². The molecule has 0 spiro atoms. The lowest BCUT2D eigenvalue weighted by Gasteiger charge is -1.98. The molecule has 0 atom stereocenters. The van der Waals surface area contributed by atoms with E-state index in [-0.39, 0.29) is 12.2 Å². The number of aromatic nitrogens is 1. The standard InChI is InChI=1S/C11H13NO4S2/c1-8-9(5-7-18(13,14)15-2)12-11(16-8)10-4-3-6-17-10/h3-4,6H,5,7H2,1-2H3. The number of oxazole rings is 1. The van der Waals surface area contributed by atoms with Gasteiger partial charge in [0, 0.05) is 6.42 Å². The first-order valence-corrected chi connectivity index (χ1v) is 7.76. The normalized spacial score (nSPS) is 11.9. The summed E-state index contributed by atoms with van der Waals surface area (Å²) in [5.41, 5.74) is 0.652. The van der Waals surface area contributed by atoms with Gasteiger partial charge in [0.25, 0.3) is 10.1 Å². The second-order valence-electron chi connectivity index (χ2n) is 3.68. The van der Waals surface area contributed by atoms with Gasteiger partial charge in [0.2, 0.25) is 5.89 Å². The van der Waals surface area contributed by atoms with Gasteiger partial charge in [-0.05, 0) is 18.4 Å². The molecule has 18 heavy (non-hydrogen) atoms. The smallest absolute Gasteiger partial charge is 0.267 e. The molecule has 0 aromatic carbocycles. The van der Waals surface area contributed by atoms with E-state index in [4.69, 9.17) is 4.42 Å². The molecule has 2 aromatic rings. The average molecular weight is 287 g/mol. The highest BCUT2D eigenvalue weighted by atomic mass is 32.2. The van der Waals surface area contributed by atoms with Crippen LogP contribution in [0.15, 0.2) is 21.9 Å². The van der Waals surface area contributed by atoms with Crippen LogP contribution in [0.5, 0.6) is 0 Å². The Hall–Kier alpha value is -1.18. The maximum atomic E-state index is 11.2. The van der Waals surface area contributed by atoms with Crippen LogP contribution in [0.2, 0.25) is 0 Å². The number of hydrogen-bond acceptors (Lipinski definition) is 6. The number of hydrogen-bond donors (Lipinski definition) is 0. The molecule has 0 fully saturated rings. The molecule has 0 aliphatic heterocycles. The highest BCUT2D eigenvalue weighted by Crippen LogP contribution is 2.26. The molecule has 2 rings (SSSR count). The average Bonchev–Trinajstić information content (AvgIpc) is 2.95. The van der Waals surface area contributed by atoms with Crippen molar-refractivity contribution < 1.29 is 17.0 Å². The van der Waals surface area contributed by atoms with Crippen molar-refractivity contribution in [2.75, 3.05) is 12.9 Å². The summed E-state index contributed by atoms with van der Waals surface area (Å²) in [4.78, 5) is 5.24. The molecule has 0 saturated heterocycles. The Balaban J connectivity index is 2.16. The van der Waals surface area contributed by atoms with E-state index in [9.17, 15) is 8.42 Å². The highest BCUT2D eigenvalue weighted by molar-refractivity contribution is 7.86. The van der Waals surface area contributed by atoms with Gasteiger partial charge >= 0.3 is 0 Å². The summed E-state index contributed by atoms with van der Waals surface area (Å²) in [7, 11) is -2.30. The van der Waals surface area contributed by atoms with Gasteiger partial charge in [-0.1, -0.05) is 6.07 Å². The lowest BCUT2D eigenvalue weighted by Crippen LogP contribution is -2.10. The number of thiophene rings is 1. The van der Waals surface area contributed by atoms with Gasteiger partial charge in [-0.2, -0.15) is 8.42 Å². The Morgan fingerprint density at radius 3 is 2.89 bits per heavy atom. The van der Waals surface area contributed by atoms with E-state index in [0.717, 1.165) is 12.0 Å². The fourth-order valence-electron chi connectivity index (χ4n) is 1.47. The minimum Gasteiger partial charge on any atom is -0.440 e. The zero-order valence-electron chi connectivity index (χ0n) is 10.0. The van der Waals surface area contributed by atoms with E-state index in [1.54, 1.807) is 6.92 Å². The maximum absolute atomic E-state index is 11.2. The third kappa shape index (κ3) is 2.98. The summed E-state index contributed by atoms with van der Waals surface area (Å²) in [6, 6.07) is 3.82. The van der Waals surface area contributed by atoms with Crippen molar-refractivity contribution in [2.24, 2.45) is 0 Å². The topological polar surface area (TPSA) is 69.4 Å². The van der Waals surface area contributed by atoms with Gasteiger partial charge in [-0.3, -0.25) is 4.18 Å². The summed E-state index contributed by atoms with van der Waals surface area (Å²) in [5.74, 6) is 1.08. The quantitative estimate of drug-likeness (QED) is 0.789. The number of nitrogens with zero attached hydrogens (tertiary/aromatic N) is 1. The second kappa shape index (κ2) is 5.21. The summed E-state index contributed by atoms with van der Waals surface area (Å²) in [5, 5.41) is 1.93. The third-order valence-corrected chi connectivity index (χ3v) is 4.54. The SMILES string of the molecule is COS(=O)(=O)CCc1nc(-c2cccs2)oc1C. The fraction of sp³-hybridized carbons (Fsp3) is 0.364. The fourth-order valence-corrected chi connectivity index (χ4v) is 2.73. The first-order chi connectivity index (χ1) is 8.52. The van der Waals surface area contributed by atoms with Crippen LogP contribution in [-0.4, -0.2) is 26.3 Å². The van der Waals surface area contributed by atoms with Crippen molar-refractivity contribution in [1.82, 2.24) is 4.98 Å². The zero-order chi connectivity index (χ0) is 13.2. The molecule has 0 unspecified atom stereocenters. The minimum absolute atomic E-state index is 0.0965. The van der Waals surface area contributed by atoms with E-state index in [2.05, 4.69) is 9.17 Å². The van der Waals surface area contributed by atoms with E-state index in [1.807, 2.05) is 17.5 Å². The summed E-state index contributed by atoms with van der Waals surface area (Å²) >= 11 is 1.53. The van der Waals surface area contributed by atoms with Crippen LogP contribution in [0.4, 0.5) is 0 Å². The van der Waals surface area contributed by atoms with Crippen molar-refractivity contribution >= 4 is 21.5 Å². The van der Waals surface area contributed by atoms with Gasteiger partial charge in [-0.25, -0.2) is 4.98 Å². The molecule has 0 aliphatic rings. The molecule has 0 saturated carbocycles. The molecule has 0 amide bonds. The Morgan fingerprint density at radius 1 is 1.50 bits per heavy atom. The molecule has 2 heterocycles. The number of rotatable bonds is 5. The zero-order valence-corrected chi connectivity index (χ0v) is 11.7. The van der Waals surface area contributed by atoms with Crippen LogP contribution in [0.3, 0.4) is 0 Å². The Bertz CT molecular complexity index is 614. The van der Waals surface area contributed by atoms with Crippen LogP contribution in [0, 0.1) is 6.92 Å². The van der Waals surface area contributed by atoms with E-state index in [1.165, 1.54) is 11.3 Å². The molecule has 0 aliphatic carbocycles. The van der Waals surface area contributed by atoms with Crippen LogP contribution in [0.25, 0.3) is 10.8 Å². The van der Waals surface area contributed by atoms with Crippen LogP contribution >= 0.6 is 11.3 Å². The second-order valence-corrected chi connectivity index (χ2v) is 6.48. The summed E-state index contributed by atoms with van der Waals surface area (Å²) in [6.07, 6.45) is 0.289. The van der Waals surface area contributed by atoms with E-state index < -0.39 is 10.1 Å². The molecule has 98 valence electrons. The maximum Gasteiger partial charge on any atom is 0.267 e. The van der Waals surface area contributed by atoms with Crippen molar-refractivity contribution in [2.45, 2.75) is 13.3 Å². The monoisotopic (exact) mass is 287 g/mol. The van der Waals surface area contributed by atoms with Gasteiger partial charge in [0.1, 0.15) is 5.76 Å². The Morgan fingerprint density at radius 2 is 2.28 bits per heavy atom. The van der Waals surface area contributed by atoms with Crippen LogP contribution < -0.4 is 0 Å². The van der Waals surface area contributed by atoms with Gasteiger partial charge < -0.3 is 4.42 Å². The third-order valence-electron chi connectivity index (χ3n) is 2.47. The number of aryl methyl sites for hydroxylation is 2. The lowest BCUT2D eigenvalue weighted by atomic mass is 10.3.